The Balaban J connectivity index is 2.04. The minimum Gasteiger partial charge on any atom is -0.357 e. The number of hydrogen-bond donors (Lipinski definition) is 1. The molecule has 4 nitrogen and oxygen atoms in total. The highest BCUT2D eigenvalue weighted by molar-refractivity contribution is 5.94. The average molecular weight is 311 g/mol. The van der Waals surface area contributed by atoms with Crippen LogP contribution in [-0.4, -0.2) is 24.0 Å². The van der Waals surface area contributed by atoms with Crippen LogP contribution in [0.2, 0.25) is 0 Å². The second-order valence-corrected chi connectivity index (χ2v) is 5.68. The van der Waals surface area contributed by atoms with Crippen molar-refractivity contribution < 1.29 is 4.79 Å². The van der Waals surface area contributed by atoms with Crippen LogP contribution in [0.15, 0.2) is 42.6 Å². The van der Waals surface area contributed by atoms with Gasteiger partial charge in [0.25, 0.3) is 5.91 Å². The molecule has 1 unspecified atom stereocenters. The number of nitrogens with one attached hydrogen (secondary N) is 1. The molecule has 0 bridgehead atoms. The lowest BCUT2D eigenvalue weighted by atomic mass is 10.1. The first-order valence-corrected chi connectivity index (χ1v) is 8.13. The lowest BCUT2D eigenvalue weighted by molar-refractivity contribution is 0.0939. The third-order valence-electron chi connectivity index (χ3n) is 4.02. The van der Waals surface area contributed by atoms with Crippen LogP contribution in [-0.2, 0) is 0 Å². The molecule has 0 aliphatic carbocycles. The summed E-state index contributed by atoms with van der Waals surface area (Å²) in [6.45, 7) is 10.0. The molecule has 1 atom stereocenters. The van der Waals surface area contributed by atoms with Gasteiger partial charge >= 0.3 is 0 Å². The Morgan fingerprint density at radius 2 is 1.78 bits per heavy atom. The van der Waals surface area contributed by atoms with Crippen LogP contribution in [0.3, 0.4) is 0 Å². The summed E-state index contributed by atoms with van der Waals surface area (Å²) in [6.07, 6.45) is 1.64. The normalized spacial score (nSPS) is 11.8. The molecule has 1 amide bonds. The zero-order chi connectivity index (χ0) is 16.8. The lowest BCUT2D eigenvalue weighted by Gasteiger charge is -2.20. The molecule has 1 N–H and O–H groups in total. The van der Waals surface area contributed by atoms with Crippen LogP contribution in [0.25, 0.3) is 0 Å². The van der Waals surface area contributed by atoms with Crippen molar-refractivity contribution >= 4 is 11.7 Å². The number of nitrogens with zero attached hydrogens (tertiary/aromatic N) is 2. The van der Waals surface area contributed by atoms with E-state index in [1.165, 1.54) is 5.56 Å². The first kappa shape index (κ1) is 17.0. The molecule has 0 aliphatic heterocycles. The number of carbonyl (C=O) groups excluding carboxylic acids is 1. The predicted octanol–water partition coefficient (Wildman–Crippen LogP) is 3.73. The van der Waals surface area contributed by atoms with Gasteiger partial charge < -0.3 is 10.2 Å². The highest BCUT2D eigenvalue weighted by Gasteiger charge is 2.12. The highest BCUT2D eigenvalue weighted by Crippen LogP contribution is 2.15. The molecule has 23 heavy (non-hydrogen) atoms. The minimum absolute atomic E-state index is 0.0365. The van der Waals surface area contributed by atoms with Gasteiger partial charge in [-0.25, -0.2) is 4.98 Å². The lowest BCUT2D eigenvalue weighted by Crippen LogP contribution is -2.27. The van der Waals surface area contributed by atoms with E-state index in [2.05, 4.69) is 48.1 Å². The average Bonchev–Trinajstić information content (AvgIpc) is 2.57. The fraction of sp³-hybridized carbons (Fsp3) is 0.368. The van der Waals surface area contributed by atoms with Crippen molar-refractivity contribution in [1.29, 1.82) is 0 Å². The van der Waals surface area contributed by atoms with Crippen molar-refractivity contribution in [3.63, 3.8) is 0 Å². The van der Waals surface area contributed by atoms with Gasteiger partial charge in [0.2, 0.25) is 0 Å². The zero-order valence-corrected chi connectivity index (χ0v) is 14.3. The summed E-state index contributed by atoms with van der Waals surface area (Å²) < 4.78 is 0. The molecule has 0 saturated heterocycles. The van der Waals surface area contributed by atoms with E-state index >= 15 is 0 Å². The van der Waals surface area contributed by atoms with Crippen LogP contribution < -0.4 is 10.2 Å². The van der Waals surface area contributed by atoms with Gasteiger partial charge in [0, 0.05) is 19.3 Å². The first-order chi connectivity index (χ1) is 11.0. The molecular weight excluding hydrogens is 286 g/mol. The van der Waals surface area contributed by atoms with Gasteiger partial charge in [-0.2, -0.15) is 0 Å². The van der Waals surface area contributed by atoms with Crippen LogP contribution >= 0.6 is 0 Å². The Morgan fingerprint density at radius 3 is 2.30 bits per heavy atom. The van der Waals surface area contributed by atoms with E-state index in [0.29, 0.717) is 5.56 Å². The summed E-state index contributed by atoms with van der Waals surface area (Å²) >= 11 is 0. The Kier molecular flexibility index (Phi) is 5.74. The number of carbonyl (C=O) groups is 1. The van der Waals surface area contributed by atoms with Crippen LogP contribution in [0, 0.1) is 6.92 Å². The molecule has 0 saturated carbocycles. The van der Waals surface area contributed by atoms with Crippen molar-refractivity contribution in [3.05, 3.63) is 59.3 Å². The van der Waals surface area contributed by atoms with Gasteiger partial charge in [-0.15, -0.1) is 0 Å². The van der Waals surface area contributed by atoms with Crippen molar-refractivity contribution in [2.24, 2.45) is 0 Å². The van der Waals surface area contributed by atoms with E-state index in [9.17, 15) is 4.79 Å². The van der Waals surface area contributed by atoms with Crippen molar-refractivity contribution in [2.45, 2.75) is 33.7 Å². The second-order valence-electron chi connectivity index (χ2n) is 5.68. The molecule has 122 valence electrons. The molecule has 0 aliphatic rings. The molecule has 0 fully saturated rings. The summed E-state index contributed by atoms with van der Waals surface area (Å²) in [4.78, 5) is 18.9. The first-order valence-electron chi connectivity index (χ1n) is 8.13. The smallest absolute Gasteiger partial charge is 0.253 e. The van der Waals surface area contributed by atoms with E-state index in [-0.39, 0.29) is 11.9 Å². The molecule has 1 aromatic heterocycles. The molecule has 2 rings (SSSR count). The summed E-state index contributed by atoms with van der Waals surface area (Å²) in [5.41, 5.74) is 2.89. The zero-order valence-electron chi connectivity index (χ0n) is 14.3. The van der Waals surface area contributed by atoms with E-state index in [4.69, 9.17) is 0 Å². The van der Waals surface area contributed by atoms with Gasteiger partial charge in [-0.1, -0.05) is 29.8 Å². The second kappa shape index (κ2) is 7.77. The van der Waals surface area contributed by atoms with Crippen LogP contribution in [0.5, 0.6) is 0 Å². The number of rotatable bonds is 6. The summed E-state index contributed by atoms with van der Waals surface area (Å²) in [5.74, 6) is 0.801. The van der Waals surface area contributed by atoms with Gasteiger partial charge in [0.1, 0.15) is 5.82 Å². The maximum Gasteiger partial charge on any atom is 0.253 e. The summed E-state index contributed by atoms with van der Waals surface area (Å²) in [7, 11) is 0. The third-order valence-corrected chi connectivity index (χ3v) is 4.02. The topological polar surface area (TPSA) is 45.2 Å². The summed E-state index contributed by atoms with van der Waals surface area (Å²) in [6, 6.07) is 11.9. The van der Waals surface area contributed by atoms with Crippen molar-refractivity contribution in [1.82, 2.24) is 10.3 Å². The quantitative estimate of drug-likeness (QED) is 0.884. The molecule has 4 heteroatoms. The Hall–Kier alpha value is -2.36. The van der Waals surface area contributed by atoms with Crippen molar-refractivity contribution in [3.8, 4) is 0 Å². The maximum absolute atomic E-state index is 12.4. The number of anilines is 1. The SMILES string of the molecule is CCN(CC)c1ccc(C(=O)NC(C)c2ccc(C)cc2)cn1. The van der Waals surface area contributed by atoms with Gasteiger partial charge in [-0.05, 0) is 45.4 Å². The number of pyridine rings is 1. The van der Waals surface area contributed by atoms with Gasteiger partial charge in [0.15, 0.2) is 0 Å². The molecular formula is C19H25N3O. The molecule has 0 radical (unpaired) electrons. The number of amides is 1. The number of hydrogen-bond acceptors (Lipinski definition) is 3. The number of aromatic nitrogens is 1. The highest BCUT2D eigenvalue weighted by atomic mass is 16.1. The molecule has 0 spiro atoms. The number of benzene rings is 1. The van der Waals surface area contributed by atoms with Gasteiger partial charge in [0.05, 0.1) is 11.6 Å². The Morgan fingerprint density at radius 1 is 1.13 bits per heavy atom. The molecule has 1 aromatic carbocycles. The Labute approximate surface area is 138 Å². The van der Waals surface area contributed by atoms with Crippen LogP contribution in [0.1, 0.15) is 48.3 Å². The molecule has 1 heterocycles. The third kappa shape index (κ3) is 4.31. The fourth-order valence-electron chi connectivity index (χ4n) is 2.47. The van der Waals surface area contributed by atoms with E-state index in [1.807, 2.05) is 31.2 Å². The largest absolute Gasteiger partial charge is 0.357 e. The van der Waals surface area contributed by atoms with E-state index < -0.39 is 0 Å². The fourth-order valence-corrected chi connectivity index (χ4v) is 2.47. The van der Waals surface area contributed by atoms with E-state index in [0.717, 1.165) is 24.5 Å². The molecule has 2 aromatic rings. The van der Waals surface area contributed by atoms with Gasteiger partial charge in [-0.3, -0.25) is 4.79 Å². The van der Waals surface area contributed by atoms with E-state index in [1.54, 1.807) is 6.20 Å². The summed E-state index contributed by atoms with van der Waals surface area (Å²) in [5, 5.41) is 3.02. The predicted molar refractivity (Wildman–Crippen MR) is 94.9 cm³/mol. The Bertz CT molecular complexity index is 631. The maximum atomic E-state index is 12.4. The monoisotopic (exact) mass is 311 g/mol. The standard InChI is InChI=1S/C19H25N3O/c1-5-22(6-2)18-12-11-17(13-20-18)19(23)21-15(4)16-9-7-14(3)8-10-16/h7-13,15H,5-6H2,1-4H3,(H,21,23). The number of aryl methyl sites for hydroxylation is 1. The van der Waals surface area contributed by atoms with Crippen molar-refractivity contribution in [2.75, 3.05) is 18.0 Å². The van der Waals surface area contributed by atoms with Crippen LogP contribution in [0.4, 0.5) is 5.82 Å². The minimum atomic E-state index is -0.100.